The van der Waals surface area contributed by atoms with Gasteiger partial charge in [-0.3, -0.25) is 4.79 Å². The summed E-state index contributed by atoms with van der Waals surface area (Å²) in [5.74, 6) is 1.46. The van der Waals surface area contributed by atoms with Crippen molar-refractivity contribution in [2.24, 2.45) is 0 Å². The molecule has 1 fully saturated rings. The Morgan fingerprint density at radius 2 is 2.23 bits per heavy atom. The number of hydrogen-bond donors (Lipinski definition) is 2. The quantitative estimate of drug-likeness (QED) is 0.869. The molecule has 1 aliphatic heterocycles. The molecule has 22 heavy (non-hydrogen) atoms. The average molecular weight is 308 g/mol. The molecule has 6 heteroatoms. The Labute approximate surface area is 132 Å². The van der Waals surface area contributed by atoms with Gasteiger partial charge in [-0.15, -0.1) is 0 Å². The lowest BCUT2D eigenvalue weighted by Crippen LogP contribution is -2.46. The summed E-state index contributed by atoms with van der Waals surface area (Å²) in [5.41, 5.74) is -0.106. The van der Waals surface area contributed by atoms with Crippen molar-refractivity contribution in [2.75, 3.05) is 6.54 Å². The number of carbonyl (C=O) groups excluding carboxylic acids is 1. The Bertz CT molecular complexity index is 493. The number of aromatic nitrogens is 2. The van der Waals surface area contributed by atoms with Crippen LogP contribution < -0.4 is 10.6 Å². The number of nitrogens with one attached hydrogen (secondary N) is 2. The number of amides is 1. The molecule has 2 rings (SSSR count). The Morgan fingerprint density at radius 3 is 2.86 bits per heavy atom. The molecule has 2 unspecified atom stereocenters. The minimum absolute atomic E-state index is 0.106. The molecule has 6 nitrogen and oxygen atoms in total. The topological polar surface area (TPSA) is 80.1 Å². The highest BCUT2D eigenvalue weighted by Crippen LogP contribution is 2.19. The first kappa shape index (κ1) is 16.9. The van der Waals surface area contributed by atoms with E-state index in [0.29, 0.717) is 30.8 Å². The molecule has 1 aromatic heterocycles. The third kappa shape index (κ3) is 5.09. The van der Waals surface area contributed by atoms with E-state index in [1.165, 1.54) is 0 Å². The van der Waals surface area contributed by atoms with E-state index >= 15 is 0 Å². The highest BCUT2D eigenvalue weighted by Gasteiger charge is 2.21. The van der Waals surface area contributed by atoms with Gasteiger partial charge >= 0.3 is 0 Å². The van der Waals surface area contributed by atoms with Crippen molar-refractivity contribution in [1.82, 2.24) is 20.8 Å². The normalized spacial score (nSPS) is 22.5. The monoisotopic (exact) mass is 308 g/mol. The molecule has 1 aliphatic rings. The maximum absolute atomic E-state index is 12.0. The lowest BCUT2D eigenvalue weighted by atomic mass is 9.96. The van der Waals surface area contributed by atoms with Gasteiger partial charge in [-0.25, -0.2) is 0 Å². The molecule has 0 radical (unpaired) electrons. The Hall–Kier alpha value is -1.43. The molecule has 0 bridgehead atoms. The van der Waals surface area contributed by atoms with E-state index in [1.807, 2.05) is 0 Å². The van der Waals surface area contributed by atoms with Crippen LogP contribution in [0.15, 0.2) is 4.52 Å². The smallest absolute Gasteiger partial charge is 0.226 e. The first-order valence-corrected chi connectivity index (χ1v) is 8.20. The Balaban J connectivity index is 1.69. The molecule has 2 atom stereocenters. The van der Waals surface area contributed by atoms with Crippen molar-refractivity contribution in [3.63, 3.8) is 0 Å². The highest BCUT2D eigenvalue weighted by molar-refractivity contribution is 5.76. The van der Waals surface area contributed by atoms with Crippen molar-refractivity contribution in [3.8, 4) is 0 Å². The predicted octanol–water partition coefficient (Wildman–Crippen LogP) is 1.95. The van der Waals surface area contributed by atoms with Crippen LogP contribution in [0.3, 0.4) is 0 Å². The summed E-state index contributed by atoms with van der Waals surface area (Å²) in [5, 5.41) is 10.5. The molecule has 1 amide bonds. The molecule has 0 aliphatic carbocycles. The van der Waals surface area contributed by atoms with Gasteiger partial charge in [-0.2, -0.15) is 4.98 Å². The third-order valence-electron chi connectivity index (χ3n) is 3.92. The van der Waals surface area contributed by atoms with E-state index < -0.39 is 0 Å². The summed E-state index contributed by atoms with van der Waals surface area (Å²) in [6, 6.07) is 0.785. The second-order valence-corrected chi connectivity index (χ2v) is 7.26. The van der Waals surface area contributed by atoms with Gasteiger partial charge in [0, 0.05) is 30.3 Å². The van der Waals surface area contributed by atoms with E-state index in [9.17, 15) is 4.79 Å². The summed E-state index contributed by atoms with van der Waals surface area (Å²) in [6.45, 7) is 9.28. The number of piperidine rings is 1. The van der Waals surface area contributed by atoms with E-state index in [2.05, 4.69) is 48.5 Å². The van der Waals surface area contributed by atoms with Gasteiger partial charge in [0.05, 0.1) is 0 Å². The van der Waals surface area contributed by atoms with Gasteiger partial charge in [0.25, 0.3) is 0 Å². The lowest BCUT2D eigenvalue weighted by Gasteiger charge is -2.28. The van der Waals surface area contributed by atoms with Crippen molar-refractivity contribution in [2.45, 2.75) is 77.3 Å². The fourth-order valence-electron chi connectivity index (χ4n) is 2.62. The lowest BCUT2D eigenvalue weighted by molar-refractivity contribution is -0.122. The van der Waals surface area contributed by atoms with Crippen molar-refractivity contribution in [3.05, 3.63) is 11.7 Å². The van der Waals surface area contributed by atoms with Crippen LogP contribution in [0.5, 0.6) is 0 Å². The Kier molecular flexibility index (Phi) is 5.56. The van der Waals surface area contributed by atoms with Crippen LogP contribution in [0, 0.1) is 0 Å². The zero-order valence-electron chi connectivity index (χ0n) is 14.1. The first-order valence-electron chi connectivity index (χ1n) is 8.20. The van der Waals surface area contributed by atoms with Gasteiger partial charge in [-0.05, 0) is 32.7 Å². The van der Waals surface area contributed by atoms with E-state index in [0.717, 1.165) is 31.6 Å². The van der Waals surface area contributed by atoms with Gasteiger partial charge in [0.2, 0.25) is 11.8 Å². The molecule has 2 heterocycles. The largest absolute Gasteiger partial charge is 0.353 e. The van der Waals surface area contributed by atoms with E-state index in [4.69, 9.17) is 4.52 Å². The summed E-state index contributed by atoms with van der Waals surface area (Å²) in [6.07, 6.45) is 3.90. The van der Waals surface area contributed by atoms with Crippen LogP contribution >= 0.6 is 0 Å². The minimum Gasteiger partial charge on any atom is -0.353 e. The summed E-state index contributed by atoms with van der Waals surface area (Å²) >= 11 is 0. The maximum Gasteiger partial charge on any atom is 0.226 e. The summed E-state index contributed by atoms with van der Waals surface area (Å²) < 4.78 is 5.24. The van der Waals surface area contributed by atoms with Crippen LogP contribution in [-0.2, 0) is 16.6 Å². The molecule has 0 saturated carbocycles. The minimum atomic E-state index is -0.106. The molecule has 1 aromatic rings. The summed E-state index contributed by atoms with van der Waals surface area (Å²) in [4.78, 5) is 16.4. The average Bonchev–Trinajstić information content (AvgIpc) is 2.87. The zero-order valence-corrected chi connectivity index (χ0v) is 14.1. The number of aryl methyl sites for hydroxylation is 1. The molecule has 0 aromatic carbocycles. The molecule has 1 saturated heterocycles. The number of carbonyl (C=O) groups is 1. The SMILES string of the molecule is CC1CC(NC(=O)CCCc2nc(C(C)(C)C)no2)CCN1. The van der Waals surface area contributed by atoms with Gasteiger partial charge in [0.1, 0.15) is 0 Å². The second-order valence-electron chi connectivity index (χ2n) is 7.26. The van der Waals surface area contributed by atoms with E-state index in [-0.39, 0.29) is 11.3 Å². The third-order valence-corrected chi connectivity index (χ3v) is 3.92. The predicted molar refractivity (Wildman–Crippen MR) is 84.6 cm³/mol. The van der Waals surface area contributed by atoms with Crippen molar-refractivity contribution in [1.29, 1.82) is 0 Å². The number of hydrogen-bond acceptors (Lipinski definition) is 5. The standard InChI is InChI=1S/C16H28N4O2/c1-11-10-12(8-9-17-11)18-13(21)6-5-7-14-19-15(20-22-14)16(2,3)4/h11-12,17H,5-10H2,1-4H3,(H,18,21). The summed E-state index contributed by atoms with van der Waals surface area (Å²) in [7, 11) is 0. The van der Waals surface area contributed by atoms with Crippen LogP contribution in [0.25, 0.3) is 0 Å². The fourth-order valence-corrected chi connectivity index (χ4v) is 2.62. The molecule has 2 N–H and O–H groups in total. The van der Waals surface area contributed by atoms with Crippen LogP contribution in [0.4, 0.5) is 0 Å². The fraction of sp³-hybridized carbons (Fsp3) is 0.812. The number of nitrogens with zero attached hydrogens (tertiary/aromatic N) is 2. The zero-order chi connectivity index (χ0) is 16.2. The van der Waals surface area contributed by atoms with Crippen LogP contribution in [0.1, 0.15) is 65.1 Å². The first-order chi connectivity index (χ1) is 10.3. The van der Waals surface area contributed by atoms with Crippen molar-refractivity contribution >= 4 is 5.91 Å². The molecule has 124 valence electrons. The molecular weight excluding hydrogens is 280 g/mol. The van der Waals surface area contributed by atoms with Crippen molar-refractivity contribution < 1.29 is 9.32 Å². The van der Waals surface area contributed by atoms with Gasteiger partial charge in [0.15, 0.2) is 5.82 Å². The van der Waals surface area contributed by atoms with Gasteiger partial charge < -0.3 is 15.2 Å². The molecular formula is C16H28N4O2. The van der Waals surface area contributed by atoms with Gasteiger partial charge in [-0.1, -0.05) is 25.9 Å². The molecule has 0 spiro atoms. The highest BCUT2D eigenvalue weighted by atomic mass is 16.5. The maximum atomic E-state index is 12.0. The second kappa shape index (κ2) is 7.22. The number of rotatable bonds is 5. The van der Waals surface area contributed by atoms with E-state index in [1.54, 1.807) is 0 Å². The van der Waals surface area contributed by atoms with Crippen LogP contribution in [0.2, 0.25) is 0 Å². The Morgan fingerprint density at radius 1 is 1.45 bits per heavy atom. The van der Waals surface area contributed by atoms with Crippen LogP contribution in [-0.4, -0.2) is 34.7 Å².